The first-order valence-corrected chi connectivity index (χ1v) is 11.3. The molecule has 1 atom stereocenters. The predicted octanol–water partition coefficient (Wildman–Crippen LogP) is 2.64. The minimum absolute atomic E-state index is 0.255. The molecule has 4 rings (SSSR count). The molecule has 2 N–H and O–H groups in total. The maximum Gasteiger partial charge on any atom is 0.325 e. The van der Waals surface area contributed by atoms with Gasteiger partial charge in [-0.3, -0.25) is 19.2 Å². The van der Waals surface area contributed by atoms with E-state index in [1.807, 2.05) is 48.9 Å². The van der Waals surface area contributed by atoms with Crippen LogP contribution >= 0.6 is 0 Å². The highest BCUT2D eigenvalue weighted by molar-refractivity contribution is 6.09. The molecule has 35 heavy (non-hydrogen) atoms. The number of benzene rings is 2. The van der Waals surface area contributed by atoms with Gasteiger partial charge in [-0.15, -0.1) is 0 Å². The van der Waals surface area contributed by atoms with Crippen LogP contribution < -0.4 is 15.4 Å². The molecule has 0 aliphatic carbocycles. The first-order valence-electron chi connectivity index (χ1n) is 11.3. The number of methoxy groups -OCH3 is 1. The van der Waals surface area contributed by atoms with E-state index in [1.54, 1.807) is 38.3 Å². The van der Waals surface area contributed by atoms with Gasteiger partial charge in [-0.05, 0) is 44.0 Å². The van der Waals surface area contributed by atoms with E-state index in [-0.39, 0.29) is 13.1 Å². The average Bonchev–Trinajstić information content (AvgIpc) is 3.24. The molecule has 1 saturated heterocycles. The maximum absolute atomic E-state index is 13.1. The van der Waals surface area contributed by atoms with Gasteiger partial charge in [0.25, 0.3) is 5.91 Å². The van der Waals surface area contributed by atoms with E-state index in [0.717, 1.165) is 27.4 Å². The van der Waals surface area contributed by atoms with E-state index >= 15 is 0 Å². The number of hydrogen-bond donors (Lipinski definition) is 2. The summed E-state index contributed by atoms with van der Waals surface area (Å²) >= 11 is 0. The third-order valence-corrected chi connectivity index (χ3v) is 6.41. The minimum Gasteiger partial charge on any atom is -0.497 e. The van der Waals surface area contributed by atoms with Gasteiger partial charge in [-0.2, -0.15) is 5.10 Å². The number of nitrogens with zero attached hydrogens (tertiary/aromatic N) is 3. The number of nitrogens with one attached hydrogen (secondary N) is 2. The van der Waals surface area contributed by atoms with Crippen LogP contribution in [0.4, 0.5) is 4.79 Å². The molecule has 2 heterocycles. The number of amides is 4. The Bertz CT molecular complexity index is 1250. The Labute approximate surface area is 204 Å². The van der Waals surface area contributed by atoms with Gasteiger partial charge in [0.15, 0.2) is 0 Å². The Morgan fingerprint density at radius 2 is 1.77 bits per heavy atom. The Morgan fingerprint density at radius 3 is 2.43 bits per heavy atom. The monoisotopic (exact) mass is 475 g/mol. The van der Waals surface area contributed by atoms with Crippen molar-refractivity contribution < 1.29 is 19.1 Å². The molecule has 1 aliphatic rings. The lowest BCUT2D eigenvalue weighted by Gasteiger charge is -2.22. The topological polar surface area (TPSA) is 106 Å². The zero-order chi connectivity index (χ0) is 25.2. The highest BCUT2D eigenvalue weighted by Gasteiger charge is 2.49. The summed E-state index contributed by atoms with van der Waals surface area (Å²) in [6.45, 7) is 6.00. The number of rotatable bonds is 8. The SMILES string of the molecule is COc1ccc(C2(C)NC(=O)N(CC(=O)NCc3c(C)nn(Cc4ccccc4)c3C)C2=O)cc1. The van der Waals surface area contributed by atoms with Crippen LogP contribution in [0.25, 0.3) is 0 Å². The number of ether oxygens (including phenoxy) is 1. The fourth-order valence-corrected chi connectivity index (χ4v) is 4.25. The highest BCUT2D eigenvalue weighted by Crippen LogP contribution is 2.30. The molecular formula is C26H29N5O4. The van der Waals surface area contributed by atoms with Gasteiger partial charge in [0.1, 0.15) is 17.8 Å². The molecule has 1 aliphatic heterocycles. The van der Waals surface area contributed by atoms with Crippen LogP contribution in [0.2, 0.25) is 0 Å². The molecule has 1 unspecified atom stereocenters. The van der Waals surface area contributed by atoms with Crippen molar-refractivity contribution in [3.63, 3.8) is 0 Å². The molecule has 0 bridgehead atoms. The van der Waals surface area contributed by atoms with Gasteiger partial charge in [-0.25, -0.2) is 4.79 Å². The predicted molar refractivity (Wildman–Crippen MR) is 130 cm³/mol. The van der Waals surface area contributed by atoms with Crippen molar-refractivity contribution in [1.82, 2.24) is 25.3 Å². The second-order valence-corrected chi connectivity index (χ2v) is 8.74. The smallest absolute Gasteiger partial charge is 0.325 e. The third-order valence-electron chi connectivity index (χ3n) is 6.41. The first-order chi connectivity index (χ1) is 16.7. The average molecular weight is 476 g/mol. The maximum atomic E-state index is 13.1. The fourth-order valence-electron chi connectivity index (χ4n) is 4.25. The van der Waals surface area contributed by atoms with Crippen LogP contribution in [0.3, 0.4) is 0 Å². The quantitative estimate of drug-likeness (QED) is 0.488. The largest absolute Gasteiger partial charge is 0.497 e. The minimum atomic E-state index is -1.25. The summed E-state index contributed by atoms with van der Waals surface area (Å²) in [4.78, 5) is 39.3. The second-order valence-electron chi connectivity index (χ2n) is 8.74. The zero-order valence-electron chi connectivity index (χ0n) is 20.3. The number of imide groups is 1. The molecular weight excluding hydrogens is 446 g/mol. The number of aryl methyl sites for hydroxylation is 1. The van der Waals surface area contributed by atoms with E-state index in [0.29, 0.717) is 17.9 Å². The van der Waals surface area contributed by atoms with Crippen molar-refractivity contribution in [3.8, 4) is 5.75 Å². The van der Waals surface area contributed by atoms with E-state index in [4.69, 9.17) is 4.74 Å². The molecule has 182 valence electrons. The van der Waals surface area contributed by atoms with E-state index in [1.165, 1.54) is 0 Å². The van der Waals surface area contributed by atoms with Crippen molar-refractivity contribution >= 4 is 17.8 Å². The first kappa shape index (κ1) is 24.0. The number of hydrogen-bond acceptors (Lipinski definition) is 5. The summed E-state index contributed by atoms with van der Waals surface area (Å²) in [5.74, 6) is -0.268. The van der Waals surface area contributed by atoms with Gasteiger partial charge >= 0.3 is 6.03 Å². The van der Waals surface area contributed by atoms with Crippen LogP contribution in [0.5, 0.6) is 5.75 Å². The van der Waals surface area contributed by atoms with Crippen molar-refractivity contribution in [2.45, 2.75) is 39.4 Å². The Morgan fingerprint density at radius 1 is 1.09 bits per heavy atom. The van der Waals surface area contributed by atoms with Crippen LogP contribution in [-0.4, -0.2) is 46.2 Å². The Kier molecular flexibility index (Phi) is 6.59. The normalized spacial score (nSPS) is 17.4. The molecule has 9 heteroatoms. The van der Waals surface area contributed by atoms with Crippen LogP contribution in [0, 0.1) is 13.8 Å². The molecule has 0 saturated carbocycles. The van der Waals surface area contributed by atoms with Crippen molar-refractivity contribution in [2.24, 2.45) is 0 Å². The van der Waals surface area contributed by atoms with E-state index < -0.39 is 23.4 Å². The second kappa shape index (κ2) is 9.61. The lowest BCUT2D eigenvalue weighted by atomic mass is 9.92. The summed E-state index contributed by atoms with van der Waals surface area (Å²) in [6.07, 6.45) is 0. The zero-order valence-corrected chi connectivity index (χ0v) is 20.3. The molecule has 4 amide bonds. The van der Waals surface area contributed by atoms with E-state index in [2.05, 4.69) is 15.7 Å². The number of carbonyl (C=O) groups is 3. The van der Waals surface area contributed by atoms with Gasteiger partial charge in [0, 0.05) is 17.8 Å². The summed E-state index contributed by atoms with van der Waals surface area (Å²) in [5, 5.41) is 10.1. The fraction of sp³-hybridized carbons (Fsp3) is 0.308. The molecule has 1 fully saturated rings. The number of carbonyl (C=O) groups excluding carboxylic acids is 3. The van der Waals surface area contributed by atoms with Gasteiger partial charge in [0.2, 0.25) is 5.91 Å². The standard InChI is InChI=1S/C26H29N5O4/c1-17-22(18(2)31(29-17)15-19-8-6-5-7-9-19)14-27-23(32)16-30-24(33)26(3,28-25(30)34)20-10-12-21(35-4)13-11-20/h5-13H,14-16H2,1-4H3,(H,27,32)(H,28,34). The summed E-state index contributed by atoms with van der Waals surface area (Å²) in [6, 6.07) is 16.3. The summed E-state index contributed by atoms with van der Waals surface area (Å²) < 4.78 is 7.06. The molecule has 1 aromatic heterocycles. The van der Waals surface area contributed by atoms with Crippen LogP contribution in [0.15, 0.2) is 54.6 Å². The lowest BCUT2D eigenvalue weighted by Crippen LogP contribution is -2.43. The lowest BCUT2D eigenvalue weighted by molar-refractivity contribution is -0.134. The van der Waals surface area contributed by atoms with Gasteiger partial charge in [-0.1, -0.05) is 42.5 Å². The molecule has 0 radical (unpaired) electrons. The molecule has 9 nitrogen and oxygen atoms in total. The van der Waals surface area contributed by atoms with E-state index in [9.17, 15) is 14.4 Å². The number of aromatic nitrogens is 2. The summed E-state index contributed by atoms with van der Waals surface area (Å²) in [5.41, 5.74) is 3.17. The number of urea groups is 1. The van der Waals surface area contributed by atoms with Crippen LogP contribution in [-0.2, 0) is 28.2 Å². The van der Waals surface area contributed by atoms with Crippen molar-refractivity contribution in [2.75, 3.05) is 13.7 Å². The molecule has 2 aromatic carbocycles. The highest BCUT2D eigenvalue weighted by atomic mass is 16.5. The molecule has 3 aromatic rings. The summed E-state index contributed by atoms with van der Waals surface area (Å²) in [7, 11) is 1.55. The Balaban J connectivity index is 1.40. The van der Waals surface area contributed by atoms with Gasteiger partial charge in [0.05, 0.1) is 19.3 Å². The van der Waals surface area contributed by atoms with Crippen molar-refractivity contribution in [3.05, 3.63) is 82.7 Å². The van der Waals surface area contributed by atoms with Gasteiger partial charge < -0.3 is 15.4 Å². The Hall–Kier alpha value is -4.14. The van der Waals surface area contributed by atoms with Crippen LogP contribution in [0.1, 0.15) is 35.0 Å². The van der Waals surface area contributed by atoms with Crippen molar-refractivity contribution in [1.29, 1.82) is 0 Å². The third kappa shape index (κ3) is 4.75. The molecule has 0 spiro atoms.